The molecule has 26 heavy (non-hydrogen) atoms. The standard InChI is InChI=1S/C18H14N2O5S/c21-17-13-14(18(22)19-15(13)10-4-2-1-3-5-10)16(20-17)11-6-8-12(9-7-11)26(23,24)25/h1-9,15-16H,(H,19,22)(H,20,21)(H,23,24,25). The number of rotatable bonds is 3. The zero-order chi connectivity index (χ0) is 18.5. The minimum absolute atomic E-state index is 0.252. The molecule has 0 radical (unpaired) electrons. The Morgan fingerprint density at radius 2 is 1.19 bits per heavy atom. The summed E-state index contributed by atoms with van der Waals surface area (Å²) in [5.74, 6) is -0.674. The summed E-state index contributed by atoms with van der Waals surface area (Å²) in [6.45, 7) is 0. The van der Waals surface area contributed by atoms with Crippen LogP contribution in [0.5, 0.6) is 0 Å². The van der Waals surface area contributed by atoms with E-state index in [-0.39, 0.29) is 16.7 Å². The Morgan fingerprint density at radius 1 is 0.731 bits per heavy atom. The first-order valence-electron chi connectivity index (χ1n) is 7.84. The summed E-state index contributed by atoms with van der Waals surface area (Å²) in [7, 11) is -4.31. The molecular formula is C18H14N2O5S. The van der Waals surface area contributed by atoms with Crippen LogP contribution in [0.25, 0.3) is 0 Å². The van der Waals surface area contributed by atoms with Crippen molar-refractivity contribution in [2.24, 2.45) is 0 Å². The molecule has 132 valence electrons. The van der Waals surface area contributed by atoms with Gasteiger partial charge in [-0.2, -0.15) is 8.42 Å². The van der Waals surface area contributed by atoms with Crippen molar-refractivity contribution < 1.29 is 22.6 Å². The number of carbonyl (C=O) groups excluding carboxylic acids is 2. The minimum atomic E-state index is -4.31. The first kappa shape index (κ1) is 16.5. The number of amides is 2. The summed E-state index contributed by atoms with van der Waals surface area (Å²) in [4.78, 5) is 24.7. The van der Waals surface area contributed by atoms with Crippen LogP contribution in [0, 0.1) is 0 Å². The van der Waals surface area contributed by atoms with Crippen LogP contribution in [0.2, 0.25) is 0 Å². The minimum Gasteiger partial charge on any atom is -0.341 e. The summed E-state index contributed by atoms with van der Waals surface area (Å²) in [5.41, 5.74) is 2.08. The molecule has 2 unspecified atom stereocenters. The number of nitrogens with one attached hydrogen (secondary N) is 2. The lowest BCUT2D eigenvalue weighted by Crippen LogP contribution is -2.33. The molecule has 3 N–H and O–H groups in total. The van der Waals surface area contributed by atoms with Crippen LogP contribution in [-0.2, 0) is 19.7 Å². The highest BCUT2D eigenvalue weighted by molar-refractivity contribution is 7.85. The van der Waals surface area contributed by atoms with Gasteiger partial charge in [0.1, 0.15) is 0 Å². The van der Waals surface area contributed by atoms with Crippen LogP contribution in [0.15, 0.2) is 70.6 Å². The van der Waals surface area contributed by atoms with E-state index in [1.807, 2.05) is 30.3 Å². The average Bonchev–Trinajstić information content (AvgIpc) is 3.14. The Labute approximate surface area is 149 Å². The predicted molar refractivity (Wildman–Crippen MR) is 91.5 cm³/mol. The maximum atomic E-state index is 12.5. The molecule has 2 atom stereocenters. The second-order valence-electron chi connectivity index (χ2n) is 6.10. The van der Waals surface area contributed by atoms with Crippen molar-refractivity contribution in [3.05, 3.63) is 76.9 Å². The highest BCUT2D eigenvalue weighted by Gasteiger charge is 2.45. The van der Waals surface area contributed by atoms with E-state index in [1.54, 1.807) is 0 Å². The Bertz CT molecular complexity index is 1040. The lowest BCUT2D eigenvalue weighted by molar-refractivity contribution is -0.118. The number of hydrogen-bond acceptors (Lipinski definition) is 4. The van der Waals surface area contributed by atoms with Crippen molar-refractivity contribution in [2.75, 3.05) is 0 Å². The zero-order valence-corrected chi connectivity index (χ0v) is 14.2. The quantitative estimate of drug-likeness (QED) is 0.705. The van der Waals surface area contributed by atoms with Gasteiger partial charge in [0.05, 0.1) is 28.1 Å². The molecule has 7 nitrogen and oxygen atoms in total. The molecule has 2 aromatic carbocycles. The number of benzene rings is 2. The van der Waals surface area contributed by atoms with Gasteiger partial charge in [0.25, 0.3) is 21.9 Å². The molecule has 0 fully saturated rings. The first-order chi connectivity index (χ1) is 12.4. The van der Waals surface area contributed by atoms with Gasteiger partial charge in [-0.25, -0.2) is 0 Å². The van der Waals surface area contributed by atoms with E-state index in [0.29, 0.717) is 16.7 Å². The van der Waals surface area contributed by atoms with E-state index < -0.39 is 22.2 Å². The van der Waals surface area contributed by atoms with E-state index in [0.717, 1.165) is 5.56 Å². The Morgan fingerprint density at radius 3 is 1.65 bits per heavy atom. The number of carbonyl (C=O) groups is 2. The third-order valence-electron chi connectivity index (χ3n) is 4.55. The van der Waals surface area contributed by atoms with Crippen molar-refractivity contribution in [2.45, 2.75) is 17.0 Å². The third kappa shape index (κ3) is 2.59. The molecular weight excluding hydrogens is 356 g/mol. The molecule has 8 heteroatoms. The van der Waals surface area contributed by atoms with E-state index >= 15 is 0 Å². The van der Waals surface area contributed by atoms with Gasteiger partial charge in [0, 0.05) is 0 Å². The summed E-state index contributed by atoms with van der Waals surface area (Å²) in [6.07, 6.45) is 0. The van der Waals surface area contributed by atoms with E-state index in [1.165, 1.54) is 24.3 Å². The van der Waals surface area contributed by atoms with Gasteiger partial charge in [-0.1, -0.05) is 42.5 Å². The highest BCUT2D eigenvalue weighted by atomic mass is 32.2. The van der Waals surface area contributed by atoms with Crippen LogP contribution >= 0.6 is 0 Å². The zero-order valence-electron chi connectivity index (χ0n) is 13.3. The normalized spacial score (nSPS) is 22.2. The summed E-state index contributed by atoms with van der Waals surface area (Å²) < 4.78 is 31.4. The van der Waals surface area contributed by atoms with Gasteiger partial charge in [-0.05, 0) is 23.3 Å². The van der Waals surface area contributed by atoms with Crippen LogP contribution in [0.3, 0.4) is 0 Å². The van der Waals surface area contributed by atoms with E-state index in [4.69, 9.17) is 4.55 Å². The SMILES string of the molecule is O=C1NC(c2ccc(S(=O)(=O)O)cc2)C2=C1C(c1ccccc1)NC2=O. The van der Waals surface area contributed by atoms with Gasteiger partial charge < -0.3 is 10.6 Å². The Hall–Kier alpha value is -2.97. The number of hydrogen-bond donors (Lipinski definition) is 3. The summed E-state index contributed by atoms with van der Waals surface area (Å²) in [6, 6.07) is 13.4. The van der Waals surface area contributed by atoms with Crippen molar-refractivity contribution in [3.63, 3.8) is 0 Å². The predicted octanol–water partition coefficient (Wildman–Crippen LogP) is 1.27. The molecule has 0 aliphatic carbocycles. The van der Waals surface area contributed by atoms with Gasteiger partial charge in [-0.3, -0.25) is 14.1 Å². The molecule has 0 saturated carbocycles. The second kappa shape index (κ2) is 5.79. The Balaban J connectivity index is 1.74. The van der Waals surface area contributed by atoms with Crippen LogP contribution in [-0.4, -0.2) is 24.8 Å². The summed E-state index contributed by atoms with van der Waals surface area (Å²) in [5, 5.41) is 5.60. The Kier molecular flexibility index (Phi) is 3.67. The summed E-state index contributed by atoms with van der Waals surface area (Å²) >= 11 is 0. The van der Waals surface area contributed by atoms with Crippen LogP contribution in [0.4, 0.5) is 0 Å². The molecule has 0 spiro atoms. The van der Waals surface area contributed by atoms with Crippen LogP contribution in [0.1, 0.15) is 23.2 Å². The van der Waals surface area contributed by atoms with Gasteiger partial charge in [0.15, 0.2) is 0 Å². The topological polar surface area (TPSA) is 113 Å². The molecule has 2 heterocycles. The monoisotopic (exact) mass is 370 g/mol. The molecule has 0 saturated heterocycles. The van der Waals surface area contributed by atoms with Crippen molar-refractivity contribution >= 4 is 21.9 Å². The highest BCUT2D eigenvalue weighted by Crippen LogP contribution is 2.40. The molecule has 2 aliphatic heterocycles. The van der Waals surface area contributed by atoms with E-state index in [2.05, 4.69) is 10.6 Å². The van der Waals surface area contributed by atoms with Crippen molar-refractivity contribution in [1.82, 2.24) is 10.6 Å². The molecule has 0 aromatic heterocycles. The van der Waals surface area contributed by atoms with Crippen LogP contribution < -0.4 is 10.6 Å². The molecule has 2 aliphatic rings. The molecule has 2 amide bonds. The average molecular weight is 370 g/mol. The maximum Gasteiger partial charge on any atom is 0.294 e. The van der Waals surface area contributed by atoms with Gasteiger partial charge in [-0.15, -0.1) is 0 Å². The van der Waals surface area contributed by atoms with Crippen molar-refractivity contribution in [1.29, 1.82) is 0 Å². The largest absolute Gasteiger partial charge is 0.341 e. The molecule has 4 rings (SSSR count). The first-order valence-corrected chi connectivity index (χ1v) is 9.28. The van der Waals surface area contributed by atoms with Crippen molar-refractivity contribution in [3.8, 4) is 0 Å². The molecule has 0 bridgehead atoms. The fourth-order valence-electron chi connectivity index (χ4n) is 3.36. The fraction of sp³-hybridized carbons (Fsp3) is 0.111. The molecule has 2 aromatic rings. The fourth-order valence-corrected chi connectivity index (χ4v) is 3.84. The third-order valence-corrected chi connectivity index (χ3v) is 5.42. The smallest absolute Gasteiger partial charge is 0.294 e. The van der Waals surface area contributed by atoms with E-state index in [9.17, 15) is 18.0 Å². The van der Waals surface area contributed by atoms with Gasteiger partial charge in [0.2, 0.25) is 0 Å². The second-order valence-corrected chi connectivity index (χ2v) is 7.52. The lowest BCUT2D eigenvalue weighted by Gasteiger charge is -2.17. The van der Waals surface area contributed by atoms with Gasteiger partial charge >= 0.3 is 0 Å². The maximum absolute atomic E-state index is 12.5. The lowest BCUT2D eigenvalue weighted by atomic mass is 9.95.